The molecule has 0 radical (unpaired) electrons. The van der Waals surface area contributed by atoms with Gasteiger partial charge >= 0.3 is 0 Å². The van der Waals surface area contributed by atoms with Crippen LogP contribution in [0.3, 0.4) is 0 Å². The van der Waals surface area contributed by atoms with Crippen molar-refractivity contribution in [3.8, 4) is 5.75 Å². The van der Waals surface area contributed by atoms with Crippen LogP contribution >= 0.6 is 27.5 Å². The predicted octanol–water partition coefficient (Wildman–Crippen LogP) is 3.86. The number of hydrogen-bond acceptors (Lipinski definition) is 3. The zero-order chi connectivity index (χ0) is 16.8. The van der Waals surface area contributed by atoms with Gasteiger partial charge in [-0.2, -0.15) is 0 Å². The summed E-state index contributed by atoms with van der Waals surface area (Å²) in [5.74, 6) is -0.570. The van der Waals surface area contributed by atoms with E-state index in [1.807, 2.05) is 6.07 Å². The van der Waals surface area contributed by atoms with Gasteiger partial charge in [-0.15, -0.1) is 0 Å². The van der Waals surface area contributed by atoms with E-state index in [-0.39, 0.29) is 12.4 Å². The molecule has 1 amide bonds. The van der Waals surface area contributed by atoms with E-state index in [2.05, 4.69) is 15.9 Å². The Morgan fingerprint density at radius 3 is 2.70 bits per heavy atom. The molecule has 0 saturated heterocycles. The van der Waals surface area contributed by atoms with E-state index < -0.39 is 5.91 Å². The van der Waals surface area contributed by atoms with Crippen LogP contribution in [0.1, 0.15) is 15.9 Å². The van der Waals surface area contributed by atoms with Gasteiger partial charge in [-0.3, -0.25) is 9.59 Å². The standard InChI is InChI=1S/C17H13BrClNO3/c18-12-5-7-16(23-10-17(20)22)14(9-12)15(21)6-4-11-2-1-3-13(19)8-11/h1-9H,10H2,(H2,20,22)/b6-4+. The van der Waals surface area contributed by atoms with Crippen LogP contribution in [0.4, 0.5) is 0 Å². The molecular formula is C17H13BrClNO3. The fraction of sp³-hybridized carbons (Fsp3) is 0.0588. The summed E-state index contributed by atoms with van der Waals surface area (Å²) in [6.45, 7) is -0.292. The minimum Gasteiger partial charge on any atom is -0.483 e. The van der Waals surface area contributed by atoms with Crippen LogP contribution in [0.15, 0.2) is 53.0 Å². The maximum Gasteiger partial charge on any atom is 0.255 e. The highest BCUT2D eigenvalue weighted by molar-refractivity contribution is 9.10. The average molecular weight is 395 g/mol. The largest absolute Gasteiger partial charge is 0.483 e. The molecule has 0 spiro atoms. The first-order valence-electron chi connectivity index (χ1n) is 6.64. The van der Waals surface area contributed by atoms with Crippen molar-refractivity contribution in [1.82, 2.24) is 0 Å². The summed E-state index contributed by atoms with van der Waals surface area (Å²) in [6, 6.07) is 12.1. The normalized spacial score (nSPS) is 10.7. The lowest BCUT2D eigenvalue weighted by Crippen LogP contribution is -2.20. The predicted molar refractivity (Wildman–Crippen MR) is 93.6 cm³/mol. The number of carbonyl (C=O) groups excluding carboxylic acids is 2. The molecule has 4 nitrogen and oxygen atoms in total. The minimum absolute atomic E-state index is 0.259. The Morgan fingerprint density at radius 2 is 2.00 bits per heavy atom. The molecule has 0 fully saturated rings. The van der Waals surface area contributed by atoms with Crippen molar-refractivity contribution < 1.29 is 14.3 Å². The number of carbonyl (C=O) groups is 2. The number of hydrogen-bond donors (Lipinski definition) is 1. The van der Waals surface area contributed by atoms with Crippen LogP contribution in [0.2, 0.25) is 5.02 Å². The summed E-state index contributed by atoms with van der Waals surface area (Å²) in [4.78, 5) is 23.2. The molecule has 0 aromatic heterocycles. The molecule has 0 aliphatic heterocycles. The maximum absolute atomic E-state index is 12.4. The van der Waals surface area contributed by atoms with E-state index in [4.69, 9.17) is 22.1 Å². The number of benzene rings is 2. The average Bonchev–Trinajstić information content (AvgIpc) is 2.51. The van der Waals surface area contributed by atoms with E-state index in [0.29, 0.717) is 16.3 Å². The van der Waals surface area contributed by atoms with Crippen LogP contribution in [-0.2, 0) is 4.79 Å². The van der Waals surface area contributed by atoms with Crippen molar-refractivity contribution in [2.24, 2.45) is 5.73 Å². The third-order valence-corrected chi connectivity index (χ3v) is 3.58. The molecule has 0 aliphatic rings. The Hall–Kier alpha value is -2.11. The number of ether oxygens (including phenoxy) is 1. The summed E-state index contributed by atoms with van der Waals surface area (Å²) in [7, 11) is 0. The second-order valence-electron chi connectivity index (χ2n) is 4.65. The fourth-order valence-electron chi connectivity index (χ4n) is 1.84. The Balaban J connectivity index is 2.23. The molecule has 6 heteroatoms. The molecule has 23 heavy (non-hydrogen) atoms. The van der Waals surface area contributed by atoms with E-state index >= 15 is 0 Å². The Kier molecular flexibility index (Phi) is 5.96. The Bertz CT molecular complexity index is 774. The summed E-state index contributed by atoms with van der Waals surface area (Å²) in [6.07, 6.45) is 3.08. The van der Waals surface area contributed by atoms with Crippen LogP contribution in [0, 0.1) is 0 Å². The van der Waals surface area contributed by atoms with E-state index in [1.165, 1.54) is 6.08 Å². The zero-order valence-electron chi connectivity index (χ0n) is 12.0. The molecule has 0 aliphatic carbocycles. The summed E-state index contributed by atoms with van der Waals surface area (Å²) in [5, 5.41) is 0.590. The van der Waals surface area contributed by atoms with Gasteiger partial charge < -0.3 is 10.5 Å². The maximum atomic E-state index is 12.4. The van der Waals surface area contributed by atoms with Crippen molar-refractivity contribution in [2.45, 2.75) is 0 Å². The zero-order valence-corrected chi connectivity index (χ0v) is 14.3. The topological polar surface area (TPSA) is 69.4 Å². The number of allylic oxidation sites excluding steroid dienone is 1. The molecule has 2 N–H and O–H groups in total. The van der Waals surface area contributed by atoms with Crippen molar-refractivity contribution in [3.05, 3.63) is 69.2 Å². The van der Waals surface area contributed by atoms with Gasteiger partial charge in [0.25, 0.3) is 5.91 Å². The van der Waals surface area contributed by atoms with Crippen LogP contribution in [-0.4, -0.2) is 18.3 Å². The number of rotatable bonds is 6. The Morgan fingerprint density at radius 1 is 1.22 bits per heavy atom. The van der Waals surface area contributed by atoms with Gasteiger partial charge in [-0.25, -0.2) is 0 Å². The molecular weight excluding hydrogens is 382 g/mol. The molecule has 0 bridgehead atoms. The van der Waals surface area contributed by atoms with Gasteiger partial charge in [0.15, 0.2) is 12.4 Å². The van der Waals surface area contributed by atoms with Gasteiger partial charge in [0.05, 0.1) is 5.56 Å². The highest BCUT2D eigenvalue weighted by Crippen LogP contribution is 2.24. The highest BCUT2D eigenvalue weighted by Gasteiger charge is 2.12. The number of amides is 1. The van der Waals surface area contributed by atoms with Crippen molar-refractivity contribution >= 4 is 45.3 Å². The minimum atomic E-state index is -0.610. The molecule has 2 rings (SSSR count). The first kappa shape index (κ1) is 17.2. The molecule has 118 valence electrons. The summed E-state index contributed by atoms with van der Waals surface area (Å²) in [5.41, 5.74) is 6.20. The van der Waals surface area contributed by atoms with Crippen molar-refractivity contribution in [2.75, 3.05) is 6.61 Å². The van der Waals surface area contributed by atoms with Crippen molar-refractivity contribution in [3.63, 3.8) is 0 Å². The van der Waals surface area contributed by atoms with Crippen LogP contribution in [0.25, 0.3) is 6.08 Å². The summed E-state index contributed by atoms with van der Waals surface area (Å²) >= 11 is 9.21. The first-order valence-corrected chi connectivity index (χ1v) is 7.81. The number of halogens is 2. The lowest BCUT2D eigenvalue weighted by molar-refractivity contribution is -0.119. The number of primary amides is 1. The smallest absolute Gasteiger partial charge is 0.255 e. The quantitative estimate of drug-likeness (QED) is 0.597. The molecule has 0 saturated carbocycles. The van der Waals surface area contributed by atoms with Gasteiger partial charge in [0.1, 0.15) is 5.75 Å². The third-order valence-electron chi connectivity index (χ3n) is 2.85. The van der Waals surface area contributed by atoms with Gasteiger partial charge in [-0.1, -0.05) is 45.7 Å². The van der Waals surface area contributed by atoms with E-state index in [1.54, 1.807) is 42.5 Å². The lowest BCUT2D eigenvalue weighted by Gasteiger charge is -2.08. The van der Waals surface area contributed by atoms with Gasteiger partial charge in [-0.05, 0) is 42.0 Å². The second kappa shape index (κ2) is 7.94. The molecule has 2 aromatic rings. The van der Waals surface area contributed by atoms with Gasteiger partial charge in [0, 0.05) is 9.50 Å². The first-order chi connectivity index (χ1) is 11.0. The van der Waals surface area contributed by atoms with Crippen molar-refractivity contribution in [1.29, 1.82) is 0 Å². The van der Waals surface area contributed by atoms with Crippen LogP contribution < -0.4 is 10.5 Å². The molecule has 2 aromatic carbocycles. The number of nitrogens with two attached hydrogens (primary N) is 1. The summed E-state index contributed by atoms with van der Waals surface area (Å²) < 4.78 is 6.00. The van der Waals surface area contributed by atoms with E-state index in [0.717, 1.165) is 10.0 Å². The highest BCUT2D eigenvalue weighted by atomic mass is 79.9. The molecule has 0 heterocycles. The lowest BCUT2D eigenvalue weighted by atomic mass is 10.1. The SMILES string of the molecule is NC(=O)COc1ccc(Br)cc1C(=O)/C=C/c1cccc(Cl)c1. The van der Waals surface area contributed by atoms with Gasteiger partial charge in [0.2, 0.25) is 0 Å². The second-order valence-corrected chi connectivity index (χ2v) is 6.00. The fourth-order valence-corrected chi connectivity index (χ4v) is 2.40. The monoisotopic (exact) mass is 393 g/mol. The third kappa shape index (κ3) is 5.23. The number of ketones is 1. The Labute approximate surface area is 147 Å². The molecule has 0 unspecified atom stereocenters. The van der Waals surface area contributed by atoms with E-state index in [9.17, 15) is 9.59 Å². The van der Waals surface area contributed by atoms with Crippen LogP contribution in [0.5, 0.6) is 5.75 Å². The molecule has 0 atom stereocenters.